The number of nitrogens with one attached hydrogen (secondary N) is 1. The van der Waals surface area contributed by atoms with Gasteiger partial charge < -0.3 is 10.2 Å². The average Bonchev–Trinajstić information content (AvgIpc) is 2.42. The lowest BCUT2D eigenvalue weighted by Gasteiger charge is -2.32. The molecule has 3 nitrogen and oxygen atoms in total. The molecule has 0 aromatic heterocycles. The summed E-state index contributed by atoms with van der Waals surface area (Å²) in [5.41, 5.74) is 2.84. The Labute approximate surface area is 116 Å². The maximum atomic E-state index is 9.24. The first-order chi connectivity index (χ1) is 9.24. The number of rotatable bonds is 4. The van der Waals surface area contributed by atoms with Crippen LogP contribution < -0.4 is 5.32 Å². The molecule has 1 N–H and O–H groups in total. The molecule has 1 saturated heterocycles. The fraction of sp³-hybridized carbons (Fsp3) is 0.562. The Bertz CT molecular complexity index is 454. The van der Waals surface area contributed by atoms with Gasteiger partial charge in [0.05, 0.1) is 11.3 Å². The zero-order valence-corrected chi connectivity index (χ0v) is 11.9. The molecule has 0 saturated carbocycles. The third kappa shape index (κ3) is 3.48. The first kappa shape index (κ1) is 13.9. The molecule has 0 aliphatic carbocycles. The third-order valence-corrected chi connectivity index (χ3v) is 3.87. The van der Waals surface area contributed by atoms with Gasteiger partial charge in [0.1, 0.15) is 6.07 Å². The molecular weight excluding hydrogens is 234 g/mol. The molecule has 102 valence electrons. The van der Waals surface area contributed by atoms with Crippen molar-refractivity contribution in [1.29, 1.82) is 5.26 Å². The highest BCUT2D eigenvalue weighted by molar-refractivity contribution is 5.61. The molecule has 1 aliphatic rings. The summed E-state index contributed by atoms with van der Waals surface area (Å²) in [5.74, 6) is 0. The Hall–Kier alpha value is -1.53. The van der Waals surface area contributed by atoms with Crippen LogP contribution in [0.3, 0.4) is 0 Å². The number of benzene rings is 1. The van der Waals surface area contributed by atoms with Crippen LogP contribution in [0.2, 0.25) is 0 Å². The van der Waals surface area contributed by atoms with Crippen LogP contribution in [0.25, 0.3) is 0 Å². The van der Waals surface area contributed by atoms with Gasteiger partial charge in [-0.05, 0) is 44.4 Å². The van der Waals surface area contributed by atoms with Gasteiger partial charge in [-0.2, -0.15) is 5.26 Å². The third-order valence-electron chi connectivity index (χ3n) is 3.87. The van der Waals surface area contributed by atoms with Crippen molar-refractivity contribution in [3.8, 4) is 6.07 Å². The summed E-state index contributed by atoms with van der Waals surface area (Å²) in [5, 5.41) is 12.8. The lowest BCUT2D eigenvalue weighted by molar-refractivity contribution is 0.219. The van der Waals surface area contributed by atoms with E-state index in [0.717, 1.165) is 16.8 Å². The molecule has 1 aromatic rings. The SMILES string of the molecule is CCCN1CCC(Nc2cccc(C)c2C#N)CC1. The van der Waals surface area contributed by atoms with E-state index in [2.05, 4.69) is 23.2 Å². The van der Waals surface area contributed by atoms with E-state index >= 15 is 0 Å². The van der Waals surface area contributed by atoms with E-state index in [0.29, 0.717) is 6.04 Å². The predicted octanol–water partition coefficient (Wildman–Crippen LogP) is 3.15. The molecule has 0 unspecified atom stereocenters. The van der Waals surface area contributed by atoms with Crippen LogP contribution in [0.4, 0.5) is 5.69 Å². The van der Waals surface area contributed by atoms with E-state index in [-0.39, 0.29) is 0 Å². The van der Waals surface area contributed by atoms with Crippen molar-refractivity contribution >= 4 is 5.69 Å². The number of likely N-dealkylation sites (tertiary alicyclic amines) is 1. The molecule has 0 radical (unpaired) electrons. The first-order valence-electron chi connectivity index (χ1n) is 7.23. The zero-order chi connectivity index (χ0) is 13.7. The van der Waals surface area contributed by atoms with E-state index in [4.69, 9.17) is 0 Å². The number of nitriles is 1. The number of hydrogen-bond acceptors (Lipinski definition) is 3. The molecule has 0 spiro atoms. The van der Waals surface area contributed by atoms with Gasteiger partial charge in [-0.15, -0.1) is 0 Å². The molecule has 0 bridgehead atoms. The van der Waals surface area contributed by atoms with Crippen LogP contribution in [-0.4, -0.2) is 30.6 Å². The van der Waals surface area contributed by atoms with E-state index in [9.17, 15) is 5.26 Å². The van der Waals surface area contributed by atoms with Gasteiger partial charge >= 0.3 is 0 Å². The monoisotopic (exact) mass is 257 g/mol. The standard InChI is InChI=1S/C16H23N3/c1-3-9-19-10-7-14(8-11-19)18-16-6-4-5-13(2)15(16)12-17/h4-6,14,18H,3,7-11H2,1-2H3. The number of aryl methyl sites for hydroxylation is 1. The number of nitrogens with zero attached hydrogens (tertiary/aromatic N) is 2. The number of anilines is 1. The smallest absolute Gasteiger partial charge is 0.102 e. The quantitative estimate of drug-likeness (QED) is 0.900. The molecule has 1 fully saturated rings. The van der Waals surface area contributed by atoms with Gasteiger partial charge in [-0.25, -0.2) is 0 Å². The van der Waals surface area contributed by atoms with E-state index in [1.54, 1.807) is 0 Å². The molecule has 0 atom stereocenters. The van der Waals surface area contributed by atoms with Crippen molar-refractivity contribution in [1.82, 2.24) is 4.90 Å². The predicted molar refractivity (Wildman–Crippen MR) is 79.3 cm³/mol. The Morgan fingerprint density at radius 1 is 1.37 bits per heavy atom. The van der Waals surface area contributed by atoms with Crippen LogP contribution in [0.1, 0.15) is 37.3 Å². The molecule has 2 rings (SSSR count). The lowest BCUT2D eigenvalue weighted by Crippen LogP contribution is -2.39. The summed E-state index contributed by atoms with van der Waals surface area (Å²) in [4.78, 5) is 2.53. The molecule has 19 heavy (non-hydrogen) atoms. The minimum absolute atomic E-state index is 0.502. The maximum Gasteiger partial charge on any atom is 0.102 e. The fourth-order valence-electron chi connectivity index (χ4n) is 2.77. The maximum absolute atomic E-state index is 9.24. The minimum Gasteiger partial charge on any atom is -0.381 e. The zero-order valence-electron chi connectivity index (χ0n) is 11.9. The van der Waals surface area contributed by atoms with Gasteiger partial charge in [0.2, 0.25) is 0 Å². The van der Waals surface area contributed by atoms with Crippen LogP contribution in [0.5, 0.6) is 0 Å². The summed E-state index contributed by atoms with van der Waals surface area (Å²) in [7, 11) is 0. The van der Waals surface area contributed by atoms with Gasteiger partial charge in [-0.3, -0.25) is 0 Å². The van der Waals surface area contributed by atoms with Gasteiger partial charge in [0.25, 0.3) is 0 Å². The Morgan fingerprint density at radius 2 is 2.11 bits per heavy atom. The lowest BCUT2D eigenvalue weighted by atomic mass is 10.0. The van der Waals surface area contributed by atoms with Crippen molar-refractivity contribution in [2.24, 2.45) is 0 Å². The highest BCUT2D eigenvalue weighted by Gasteiger charge is 2.19. The van der Waals surface area contributed by atoms with E-state index in [1.165, 1.54) is 38.9 Å². The van der Waals surface area contributed by atoms with Gasteiger partial charge in [0, 0.05) is 19.1 Å². The number of piperidine rings is 1. The molecule has 1 aromatic carbocycles. The van der Waals surface area contributed by atoms with Crippen LogP contribution in [0.15, 0.2) is 18.2 Å². The highest BCUT2D eigenvalue weighted by Crippen LogP contribution is 2.22. The molecule has 1 heterocycles. The second kappa shape index (κ2) is 6.58. The van der Waals surface area contributed by atoms with Gasteiger partial charge in [-0.1, -0.05) is 19.1 Å². The minimum atomic E-state index is 0.502. The second-order valence-electron chi connectivity index (χ2n) is 5.37. The Balaban J connectivity index is 1.96. The summed E-state index contributed by atoms with van der Waals surface area (Å²) < 4.78 is 0. The van der Waals surface area contributed by atoms with Crippen LogP contribution >= 0.6 is 0 Å². The molecule has 3 heteroatoms. The summed E-state index contributed by atoms with van der Waals surface area (Å²) in [6, 6.07) is 8.84. The molecule has 0 amide bonds. The van der Waals surface area contributed by atoms with Crippen molar-refractivity contribution in [3.63, 3.8) is 0 Å². The first-order valence-corrected chi connectivity index (χ1v) is 7.23. The summed E-state index contributed by atoms with van der Waals surface area (Å²) in [6.45, 7) is 7.77. The molecule has 1 aliphatic heterocycles. The van der Waals surface area contributed by atoms with Crippen molar-refractivity contribution in [2.45, 2.75) is 39.2 Å². The second-order valence-corrected chi connectivity index (χ2v) is 5.37. The summed E-state index contributed by atoms with van der Waals surface area (Å²) in [6.07, 6.45) is 3.56. The van der Waals surface area contributed by atoms with Crippen molar-refractivity contribution in [2.75, 3.05) is 25.0 Å². The fourth-order valence-corrected chi connectivity index (χ4v) is 2.77. The van der Waals surface area contributed by atoms with E-state index in [1.807, 2.05) is 25.1 Å². The Kier molecular flexibility index (Phi) is 4.81. The largest absolute Gasteiger partial charge is 0.381 e. The van der Waals surface area contributed by atoms with Crippen LogP contribution in [0, 0.1) is 18.3 Å². The van der Waals surface area contributed by atoms with Crippen molar-refractivity contribution < 1.29 is 0 Å². The van der Waals surface area contributed by atoms with E-state index < -0.39 is 0 Å². The van der Waals surface area contributed by atoms with Crippen molar-refractivity contribution in [3.05, 3.63) is 29.3 Å². The highest BCUT2D eigenvalue weighted by atomic mass is 15.1. The molecular formula is C16H23N3. The van der Waals surface area contributed by atoms with Gasteiger partial charge in [0.15, 0.2) is 0 Å². The number of hydrogen-bond donors (Lipinski definition) is 1. The Morgan fingerprint density at radius 3 is 2.74 bits per heavy atom. The topological polar surface area (TPSA) is 39.1 Å². The average molecular weight is 257 g/mol. The normalized spacial score (nSPS) is 17.1. The van der Waals surface area contributed by atoms with Crippen LogP contribution in [-0.2, 0) is 0 Å². The summed E-state index contributed by atoms with van der Waals surface area (Å²) >= 11 is 0.